The molecule has 1 aliphatic heterocycles. The van der Waals surface area contributed by atoms with Gasteiger partial charge in [0.2, 0.25) is 0 Å². The number of urea groups is 1. The van der Waals surface area contributed by atoms with E-state index >= 15 is 0 Å². The van der Waals surface area contributed by atoms with Crippen LogP contribution in [0.5, 0.6) is 11.5 Å². The van der Waals surface area contributed by atoms with Crippen molar-refractivity contribution in [3.05, 3.63) is 28.3 Å². The topological polar surface area (TPSA) is 76.2 Å². The average Bonchev–Trinajstić information content (AvgIpc) is 2.64. The van der Waals surface area contributed by atoms with Gasteiger partial charge in [0.15, 0.2) is 11.5 Å². The predicted molar refractivity (Wildman–Crippen MR) is 102 cm³/mol. The molecule has 8 heteroatoms. The third-order valence-corrected chi connectivity index (χ3v) is 4.19. The molecule has 0 aromatic heterocycles. The van der Waals surface area contributed by atoms with Crippen LogP contribution >= 0.6 is 11.6 Å². The van der Waals surface area contributed by atoms with Gasteiger partial charge in [-0.15, -0.1) is 0 Å². The molecule has 1 heterocycles. The smallest absolute Gasteiger partial charge is 0.333 e. The lowest BCUT2D eigenvalue weighted by Crippen LogP contribution is -2.54. The minimum absolute atomic E-state index is 0.103. The Morgan fingerprint density at radius 3 is 2.30 bits per heavy atom. The molecule has 0 aliphatic carbocycles. The number of hydrogen-bond acceptors (Lipinski definition) is 5. The maximum atomic E-state index is 12.7. The van der Waals surface area contributed by atoms with Crippen molar-refractivity contribution in [3.63, 3.8) is 0 Å². The normalized spacial score (nSPS) is 16.3. The van der Waals surface area contributed by atoms with E-state index in [2.05, 4.69) is 0 Å². The fourth-order valence-corrected chi connectivity index (χ4v) is 2.98. The van der Waals surface area contributed by atoms with Gasteiger partial charge in [0.25, 0.3) is 11.8 Å². The molecule has 1 saturated heterocycles. The van der Waals surface area contributed by atoms with Crippen molar-refractivity contribution < 1.29 is 23.9 Å². The van der Waals surface area contributed by atoms with Gasteiger partial charge >= 0.3 is 6.03 Å². The number of halogens is 1. The summed E-state index contributed by atoms with van der Waals surface area (Å²) in [7, 11) is 1.35. The number of hydrogen-bond donors (Lipinski definition) is 0. The average molecular weight is 395 g/mol. The Morgan fingerprint density at radius 2 is 1.70 bits per heavy atom. The molecule has 1 fully saturated rings. The second-order valence-electron chi connectivity index (χ2n) is 5.86. The van der Waals surface area contributed by atoms with Gasteiger partial charge in [0, 0.05) is 13.6 Å². The van der Waals surface area contributed by atoms with E-state index < -0.39 is 17.8 Å². The van der Waals surface area contributed by atoms with Crippen LogP contribution in [0.4, 0.5) is 4.79 Å². The summed E-state index contributed by atoms with van der Waals surface area (Å²) in [6, 6.07) is 2.61. The number of amides is 4. The first-order valence-electron chi connectivity index (χ1n) is 8.80. The third kappa shape index (κ3) is 4.24. The number of rotatable bonds is 7. The summed E-state index contributed by atoms with van der Waals surface area (Å²) in [5.74, 6) is -0.443. The van der Waals surface area contributed by atoms with E-state index in [4.69, 9.17) is 21.1 Å². The first kappa shape index (κ1) is 20.8. The number of likely N-dealkylation sites (N-methyl/N-ethyl adjacent to an activating group) is 1. The molecule has 0 radical (unpaired) electrons. The summed E-state index contributed by atoms with van der Waals surface area (Å²) in [4.78, 5) is 39.3. The standard InChI is InChI=1S/C19H23ClN2O5/c1-5-8-22-18(24)13(17(23)21(4)19(22)25)9-12-10-14(20)16(27-7-3)15(11-12)26-6-2/h9-11H,5-8H2,1-4H3/b13-9-. The van der Waals surface area contributed by atoms with Crippen LogP contribution in [0.3, 0.4) is 0 Å². The molecule has 0 spiro atoms. The number of carbonyl (C=O) groups excluding carboxylic acids is 3. The third-order valence-electron chi connectivity index (χ3n) is 3.91. The Balaban J connectivity index is 2.50. The minimum Gasteiger partial charge on any atom is -0.490 e. The van der Waals surface area contributed by atoms with Crippen LogP contribution in [-0.2, 0) is 9.59 Å². The summed E-state index contributed by atoms with van der Waals surface area (Å²) >= 11 is 6.29. The molecule has 146 valence electrons. The molecule has 1 aromatic carbocycles. The Kier molecular flexibility index (Phi) is 6.85. The number of nitrogens with zero attached hydrogens (tertiary/aromatic N) is 2. The lowest BCUT2D eigenvalue weighted by atomic mass is 10.1. The molecule has 0 saturated carbocycles. The summed E-state index contributed by atoms with van der Waals surface area (Å²) < 4.78 is 11.1. The number of ether oxygens (including phenoxy) is 2. The van der Waals surface area contributed by atoms with Crippen LogP contribution in [0.1, 0.15) is 32.8 Å². The predicted octanol–water partition coefficient (Wildman–Crippen LogP) is 3.35. The number of benzene rings is 1. The van der Waals surface area contributed by atoms with Crippen LogP contribution in [-0.4, -0.2) is 54.5 Å². The number of imide groups is 2. The lowest BCUT2D eigenvalue weighted by Gasteiger charge is -2.31. The second kappa shape index (κ2) is 8.90. The van der Waals surface area contributed by atoms with E-state index in [9.17, 15) is 14.4 Å². The van der Waals surface area contributed by atoms with E-state index in [1.807, 2.05) is 20.8 Å². The highest BCUT2D eigenvalue weighted by atomic mass is 35.5. The Hall–Kier alpha value is -2.54. The largest absolute Gasteiger partial charge is 0.490 e. The lowest BCUT2D eigenvalue weighted by molar-refractivity contribution is -0.135. The number of barbiturate groups is 1. The van der Waals surface area contributed by atoms with Gasteiger partial charge in [-0.25, -0.2) is 4.79 Å². The van der Waals surface area contributed by atoms with Gasteiger partial charge in [-0.2, -0.15) is 0 Å². The van der Waals surface area contributed by atoms with Gasteiger partial charge < -0.3 is 9.47 Å². The van der Waals surface area contributed by atoms with Crippen molar-refractivity contribution in [2.45, 2.75) is 27.2 Å². The molecule has 0 atom stereocenters. The number of carbonyl (C=O) groups is 3. The summed E-state index contributed by atoms with van der Waals surface area (Å²) in [5.41, 5.74) is 0.399. The van der Waals surface area contributed by atoms with E-state index in [1.165, 1.54) is 13.1 Å². The summed E-state index contributed by atoms with van der Waals surface area (Å²) in [5, 5.41) is 0.306. The van der Waals surface area contributed by atoms with Crippen molar-refractivity contribution in [1.29, 1.82) is 0 Å². The van der Waals surface area contributed by atoms with Gasteiger partial charge in [-0.1, -0.05) is 18.5 Å². The zero-order chi connectivity index (χ0) is 20.1. The van der Waals surface area contributed by atoms with E-state index in [1.54, 1.807) is 12.1 Å². The molecule has 7 nitrogen and oxygen atoms in total. The van der Waals surface area contributed by atoms with Crippen molar-refractivity contribution in [3.8, 4) is 11.5 Å². The van der Waals surface area contributed by atoms with Crippen LogP contribution < -0.4 is 9.47 Å². The highest BCUT2D eigenvalue weighted by Gasteiger charge is 2.39. The van der Waals surface area contributed by atoms with E-state index in [0.717, 1.165) is 9.80 Å². The van der Waals surface area contributed by atoms with Crippen LogP contribution in [0.25, 0.3) is 6.08 Å². The van der Waals surface area contributed by atoms with Crippen molar-refractivity contribution >= 4 is 35.5 Å². The Bertz CT molecular complexity index is 791. The molecule has 1 aromatic rings. The van der Waals surface area contributed by atoms with Crippen molar-refractivity contribution in [2.75, 3.05) is 26.8 Å². The Morgan fingerprint density at radius 1 is 1.04 bits per heavy atom. The minimum atomic E-state index is -0.652. The van der Waals surface area contributed by atoms with Crippen LogP contribution in [0.2, 0.25) is 5.02 Å². The maximum Gasteiger partial charge on any atom is 0.333 e. The van der Waals surface area contributed by atoms with E-state index in [-0.39, 0.29) is 12.1 Å². The first-order valence-corrected chi connectivity index (χ1v) is 9.18. The summed E-state index contributed by atoms with van der Waals surface area (Å²) in [6.45, 7) is 6.55. The van der Waals surface area contributed by atoms with Gasteiger partial charge in [0.1, 0.15) is 5.57 Å². The fourth-order valence-electron chi connectivity index (χ4n) is 2.70. The zero-order valence-electron chi connectivity index (χ0n) is 15.9. The Labute approximate surface area is 163 Å². The van der Waals surface area contributed by atoms with Gasteiger partial charge in [0.05, 0.1) is 18.2 Å². The van der Waals surface area contributed by atoms with Gasteiger partial charge in [-0.3, -0.25) is 19.4 Å². The molecule has 1 aliphatic rings. The maximum absolute atomic E-state index is 12.7. The monoisotopic (exact) mass is 394 g/mol. The summed E-state index contributed by atoms with van der Waals surface area (Å²) in [6.07, 6.45) is 2.01. The van der Waals surface area contributed by atoms with Crippen LogP contribution in [0, 0.1) is 0 Å². The molecule has 2 rings (SSSR count). The molecule has 4 amide bonds. The molecular weight excluding hydrogens is 372 g/mol. The molecule has 0 N–H and O–H groups in total. The highest BCUT2D eigenvalue weighted by molar-refractivity contribution is 6.33. The van der Waals surface area contributed by atoms with Crippen molar-refractivity contribution in [2.24, 2.45) is 0 Å². The molecule has 0 unspecified atom stereocenters. The second-order valence-corrected chi connectivity index (χ2v) is 6.26. The van der Waals surface area contributed by atoms with E-state index in [0.29, 0.717) is 41.7 Å². The van der Waals surface area contributed by atoms with Crippen molar-refractivity contribution in [1.82, 2.24) is 9.80 Å². The molecular formula is C19H23ClN2O5. The van der Waals surface area contributed by atoms with Gasteiger partial charge in [-0.05, 0) is 44.0 Å². The molecule has 0 bridgehead atoms. The molecule has 27 heavy (non-hydrogen) atoms. The zero-order valence-corrected chi connectivity index (χ0v) is 16.6. The first-order chi connectivity index (χ1) is 12.8. The fraction of sp³-hybridized carbons (Fsp3) is 0.421. The van der Waals surface area contributed by atoms with Crippen LogP contribution in [0.15, 0.2) is 17.7 Å². The quantitative estimate of drug-likeness (QED) is 0.523. The SMILES string of the molecule is CCCN1C(=O)/C(=C\c2cc(Cl)c(OCC)c(OCC)c2)C(=O)N(C)C1=O. The highest BCUT2D eigenvalue weighted by Crippen LogP contribution is 2.37.